The summed E-state index contributed by atoms with van der Waals surface area (Å²) in [5.41, 5.74) is 4.01. The van der Waals surface area contributed by atoms with Gasteiger partial charge in [0.05, 0.1) is 11.4 Å². The van der Waals surface area contributed by atoms with Gasteiger partial charge < -0.3 is 5.32 Å². The van der Waals surface area contributed by atoms with Gasteiger partial charge in [0.25, 0.3) is 0 Å². The maximum absolute atomic E-state index is 12.1. The highest BCUT2D eigenvalue weighted by molar-refractivity contribution is 7.99. The summed E-state index contributed by atoms with van der Waals surface area (Å²) in [4.78, 5) is 12.1. The molecule has 2 aromatic carbocycles. The number of aromatic nitrogens is 3. The Balaban J connectivity index is 1.68. The number of amides is 1. The van der Waals surface area contributed by atoms with E-state index in [0.29, 0.717) is 15.9 Å². The second-order valence-corrected chi connectivity index (χ2v) is 7.00. The van der Waals surface area contributed by atoms with Gasteiger partial charge in [-0.3, -0.25) is 9.36 Å². The fraction of sp³-hybridized carbons (Fsp3) is 0.167. The summed E-state index contributed by atoms with van der Waals surface area (Å²) in [6.45, 7) is 4.10. The number of carbonyl (C=O) groups excluding carboxylic acids is 1. The largest absolute Gasteiger partial charge is 0.325 e. The second kappa shape index (κ2) is 7.72. The first-order chi connectivity index (χ1) is 12.0. The van der Waals surface area contributed by atoms with Crippen LogP contribution in [0.2, 0.25) is 5.02 Å². The van der Waals surface area contributed by atoms with Crippen molar-refractivity contribution in [3.63, 3.8) is 0 Å². The number of benzene rings is 2. The van der Waals surface area contributed by atoms with Crippen LogP contribution in [0.15, 0.2) is 53.9 Å². The number of hydrogen-bond acceptors (Lipinski definition) is 4. The molecule has 0 fully saturated rings. The lowest BCUT2D eigenvalue weighted by Crippen LogP contribution is -2.14. The fourth-order valence-electron chi connectivity index (χ4n) is 2.46. The van der Waals surface area contributed by atoms with Crippen LogP contribution in [0, 0.1) is 13.8 Å². The van der Waals surface area contributed by atoms with Crippen molar-refractivity contribution in [2.45, 2.75) is 19.0 Å². The van der Waals surface area contributed by atoms with E-state index < -0.39 is 0 Å². The van der Waals surface area contributed by atoms with Crippen LogP contribution >= 0.6 is 23.4 Å². The molecule has 0 spiro atoms. The first kappa shape index (κ1) is 17.5. The van der Waals surface area contributed by atoms with Crippen LogP contribution in [0.5, 0.6) is 0 Å². The van der Waals surface area contributed by atoms with Gasteiger partial charge in [0.2, 0.25) is 5.91 Å². The molecule has 0 unspecified atom stereocenters. The standard InChI is InChI=1S/C18H17ClN4OS/c1-12-6-7-16(13(2)8-12)23-11-20-22-18(23)25-10-17(24)21-15-5-3-4-14(19)9-15/h3-9,11H,10H2,1-2H3,(H,21,24). The van der Waals surface area contributed by atoms with Crippen molar-refractivity contribution in [2.24, 2.45) is 0 Å². The number of halogens is 1. The average molecular weight is 373 g/mol. The number of anilines is 1. The van der Waals surface area contributed by atoms with Gasteiger partial charge in [-0.15, -0.1) is 10.2 Å². The van der Waals surface area contributed by atoms with Crippen molar-refractivity contribution in [3.8, 4) is 5.69 Å². The van der Waals surface area contributed by atoms with Crippen LogP contribution < -0.4 is 5.32 Å². The number of nitrogens with one attached hydrogen (secondary N) is 1. The highest BCUT2D eigenvalue weighted by Gasteiger charge is 2.12. The SMILES string of the molecule is Cc1ccc(-n2cnnc2SCC(=O)Nc2cccc(Cl)c2)c(C)c1. The molecule has 0 aliphatic rings. The maximum Gasteiger partial charge on any atom is 0.234 e. The Hall–Kier alpha value is -2.31. The quantitative estimate of drug-likeness (QED) is 0.679. The summed E-state index contributed by atoms with van der Waals surface area (Å²) in [5.74, 6) is 0.110. The van der Waals surface area contributed by atoms with Crippen molar-refractivity contribution in [2.75, 3.05) is 11.1 Å². The molecule has 0 bridgehead atoms. The topological polar surface area (TPSA) is 59.8 Å². The molecule has 0 radical (unpaired) electrons. The third-order valence-electron chi connectivity index (χ3n) is 3.57. The van der Waals surface area contributed by atoms with E-state index >= 15 is 0 Å². The molecular formula is C18H17ClN4OS. The van der Waals surface area contributed by atoms with Gasteiger partial charge in [0.15, 0.2) is 5.16 Å². The van der Waals surface area contributed by atoms with E-state index in [0.717, 1.165) is 11.3 Å². The molecule has 1 N–H and O–H groups in total. The lowest BCUT2D eigenvalue weighted by Gasteiger charge is -2.10. The van der Waals surface area contributed by atoms with Gasteiger partial charge >= 0.3 is 0 Å². The summed E-state index contributed by atoms with van der Waals surface area (Å²) in [6, 6.07) is 13.2. The van der Waals surface area contributed by atoms with Gasteiger partial charge in [-0.1, -0.05) is 47.1 Å². The Morgan fingerprint density at radius 2 is 2.08 bits per heavy atom. The van der Waals surface area contributed by atoms with E-state index in [1.807, 2.05) is 23.6 Å². The van der Waals surface area contributed by atoms with Crippen LogP contribution in [0.25, 0.3) is 5.69 Å². The maximum atomic E-state index is 12.1. The van der Waals surface area contributed by atoms with E-state index in [2.05, 4.69) is 28.5 Å². The van der Waals surface area contributed by atoms with E-state index in [-0.39, 0.29) is 11.7 Å². The van der Waals surface area contributed by atoms with Crippen molar-refractivity contribution in [1.82, 2.24) is 14.8 Å². The molecule has 0 saturated carbocycles. The Bertz CT molecular complexity index is 910. The Kier molecular flexibility index (Phi) is 5.40. The molecular weight excluding hydrogens is 356 g/mol. The normalized spacial score (nSPS) is 10.7. The van der Waals surface area contributed by atoms with E-state index in [9.17, 15) is 4.79 Å². The van der Waals surface area contributed by atoms with Crippen molar-refractivity contribution in [3.05, 3.63) is 64.9 Å². The van der Waals surface area contributed by atoms with Gasteiger partial charge in [0.1, 0.15) is 6.33 Å². The lowest BCUT2D eigenvalue weighted by atomic mass is 10.1. The average Bonchev–Trinajstić information content (AvgIpc) is 3.01. The molecule has 25 heavy (non-hydrogen) atoms. The molecule has 1 amide bonds. The van der Waals surface area contributed by atoms with Crippen LogP contribution in [-0.4, -0.2) is 26.4 Å². The zero-order chi connectivity index (χ0) is 17.8. The third kappa shape index (κ3) is 4.41. The van der Waals surface area contributed by atoms with E-state index in [1.54, 1.807) is 30.6 Å². The highest BCUT2D eigenvalue weighted by atomic mass is 35.5. The molecule has 0 saturated heterocycles. The van der Waals surface area contributed by atoms with E-state index in [4.69, 9.17) is 11.6 Å². The van der Waals surface area contributed by atoms with Crippen molar-refractivity contribution in [1.29, 1.82) is 0 Å². The van der Waals surface area contributed by atoms with Crippen LogP contribution in [-0.2, 0) is 4.79 Å². The van der Waals surface area contributed by atoms with Crippen LogP contribution in [0.4, 0.5) is 5.69 Å². The fourth-order valence-corrected chi connectivity index (χ4v) is 3.37. The van der Waals surface area contributed by atoms with Crippen LogP contribution in [0.3, 0.4) is 0 Å². The summed E-state index contributed by atoms with van der Waals surface area (Å²) in [7, 11) is 0. The summed E-state index contributed by atoms with van der Waals surface area (Å²) < 4.78 is 1.89. The Labute approximate surface area is 155 Å². The molecule has 3 aromatic rings. The van der Waals surface area contributed by atoms with Gasteiger partial charge in [-0.2, -0.15) is 0 Å². The predicted molar refractivity (Wildman–Crippen MR) is 102 cm³/mol. The summed E-state index contributed by atoms with van der Waals surface area (Å²) in [5, 5.41) is 12.2. The van der Waals surface area contributed by atoms with Gasteiger partial charge in [-0.05, 0) is 43.7 Å². The molecule has 128 valence electrons. The number of carbonyl (C=O) groups is 1. The predicted octanol–water partition coefficient (Wildman–Crippen LogP) is 4.27. The first-order valence-electron chi connectivity index (χ1n) is 7.69. The number of rotatable bonds is 5. The van der Waals surface area contributed by atoms with E-state index in [1.165, 1.54) is 17.3 Å². The molecule has 3 rings (SSSR count). The minimum absolute atomic E-state index is 0.123. The monoisotopic (exact) mass is 372 g/mol. The molecule has 1 heterocycles. The zero-order valence-electron chi connectivity index (χ0n) is 13.9. The summed E-state index contributed by atoms with van der Waals surface area (Å²) in [6.07, 6.45) is 1.66. The van der Waals surface area contributed by atoms with Gasteiger partial charge in [0, 0.05) is 10.7 Å². The second-order valence-electron chi connectivity index (χ2n) is 5.62. The Morgan fingerprint density at radius 3 is 2.84 bits per heavy atom. The minimum Gasteiger partial charge on any atom is -0.325 e. The summed E-state index contributed by atoms with van der Waals surface area (Å²) >= 11 is 7.26. The molecule has 5 nitrogen and oxygen atoms in total. The third-order valence-corrected chi connectivity index (χ3v) is 4.75. The number of thioether (sulfide) groups is 1. The molecule has 7 heteroatoms. The van der Waals surface area contributed by atoms with Crippen LogP contribution in [0.1, 0.15) is 11.1 Å². The van der Waals surface area contributed by atoms with Gasteiger partial charge in [-0.25, -0.2) is 0 Å². The lowest BCUT2D eigenvalue weighted by molar-refractivity contribution is -0.113. The number of aryl methyl sites for hydroxylation is 2. The Morgan fingerprint density at radius 1 is 1.24 bits per heavy atom. The molecule has 0 aliphatic carbocycles. The van der Waals surface area contributed by atoms with Crippen molar-refractivity contribution < 1.29 is 4.79 Å². The number of hydrogen-bond donors (Lipinski definition) is 1. The first-order valence-corrected chi connectivity index (χ1v) is 9.05. The number of nitrogens with zero attached hydrogens (tertiary/aromatic N) is 3. The minimum atomic E-state index is -0.123. The molecule has 1 aromatic heterocycles. The highest BCUT2D eigenvalue weighted by Crippen LogP contribution is 2.23. The smallest absolute Gasteiger partial charge is 0.234 e. The van der Waals surface area contributed by atoms with Crippen molar-refractivity contribution >= 4 is 35.0 Å². The molecule has 0 aliphatic heterocycles. The zero-order valence-corrected chi connectivity index (χ0v) is 15.4. The molecule has 0 atom stereocenters.